The quantitative estimate of drug-likeness (QED) is 0.238. The van der Waals surface area contributed by atoms with Crippen molar-refractivity contribution in [2.24, 2.45) is 5.92 Å². The molecule has 39 heavy (non-hydrogen) atoms. The Bertz CT molecular complexity index is 1210. The lowest BCUT2D eigenvalue weighted by Crippen LogP contribution is -2.48. The topological polar surface area (TPSA) is 45.6 Å². The van der Waals surface area contributed by atoms with Gasteiger partial charge >= 0.3 is 0 Å². The van der Waals surface area contributed by atoms with Crippen molar-refractivity contribution < 1.29 is 9.59 Å². The van der Waals surface area contributed by atoms with Gasteiger partial charge in [-0.2, -0.15) is 0 Å². The zero-order valence-corrected chi connectivity index (χ0v) is 24.5. The second-order valence-corrected chi connectivity index (χ2v) is 11.9. The van der Waals surface area contributed by atoms with Gasteiger partial charge in [-0.3, -0.25) is 9.59 Å². The fourth-order valence-corrected chi connectivity index (χ4v) is 5.82. The number of hydrogen-bond acceptors (Lipinski definition) is 2. The van der Waals surface area contributed by atoms with E-state index in [2.05, 4.69) is 42.8 Å². The number of hydrogen-bond donors (Lipinski definition) is 0. The molecular formula is C32H39Cl2N3O2. The lowest BCUT2D eigenvalue weighted by molar-refractivity contribution is -0.135. The highest BCUT2D eigenvalue weighted by molar-refractivity contribution is 6.35. The minimum Gasteiger partial charge on any atom is -0.345 e. The van der Waals surface area contributed by atoms with Gasteiger partial charge in [0.2, 0.25) is 5.91 Å². The number of carbonyl (C=O) groups excluding carboxylic acids is 2. The first kappa shape index (κ1) is 29.2. The Hall–Kier alpha value is -2.76. The molecule has 7 heteroatoms. The van der Waals surface area contributed by atoms with E-state index in [0.717, 1.165) is 44.3 Å². The van der Waals surface area contributed by atoms with Crippen LogP contribution in [0.25, 0.3) is 0 Å². The summed E-state index contributed by atoms with van der Waals surface area (Å²) in [4.78, 5) is 31.3. The number of aromatic nitrogens is 1. The number of amides is 2. The molecule has 1 aliphatic rings. The molecular weight excluding hydrogens is 529 g/mol. The van der Waals surface area contributed by atoms with Gasteiger partial charge in [0, 0.05) is 46.6 Å². The average Bonchev–Trinajstić information content (AvgIpc) is 3.35. The van der Waals surface area contributed by atoms with Gasteiger partial charge in [-0.15, -0.1) is 0 Å². The summed E-state index contributed by atoms with van der Waals surface area (Å²) in [7, 11) is 0. The molecule has 0 aliphatic heterocycles. The number of rotatable bonds is 11. The molecule has 1 saturated carbocycles. The molecule has 4 rings (SSSR count). The maximum absolute atomic E-state index is 14.0. The van der Waals surface area contributed by atoms with Gasteiger partial charge in [-0.05, 0) is 61.1 Å². The van der Waals surface area contributed by atoms with Gasteiger partial charge in [0.25, 0.3) is 5.91 Å². The van der Waals surface area contributed by atoms with Gasteiger partial charge in [-0.1, -0.05) is 86.6 Å². The van der Waals surface area contributed by atoms with Gasteiger partial charge in [-0.25, -0.2) is 0 Å². The van der Waals surface area contributed by atoms with E-state index in [4.69, 9.17) is 23.2 Å². The van der Waals surface area contributed by atoms with Crippen molar-refractivity contribution in [3.8, 4) is 0 Å². The largest absolute Gasteiger partial charge is 0.345 e. The molecule has 208 valence electrons. The number of benzene rings is 2. The lowest BCUT2D eigenvalue weighted by Gasteiger charge is -2.36. The van der Waals surface area contributed by atoms with Gasteiger partial charge in [0.05, 0.1) is 6.54 Å². The van der Waals surface area contributed by atoms with Crippen molar-refractivity contribution in [3.63, 3.8) is 0 Å². The first-order chi connectivity index (χ1) is 18.8. The molecule has 1 fully saturated rings. The molecule has 2 amide bonds. The molecule has 1 aliphatic carbocycles. The highest BCUT2D eigenvalue weighted by atomic mass is 35.5. The average molecular weight is 569 g/mol. The van der Waals surface area contributed by atoms with Crippen LogP contribution in [0.15, 0.2) is 66.9 Å². The van der Waals surface area contributed by atoms with Crippen molar-refractivity contribution in [3.05, 3.63) is 93.7 Å². The monoisotopic (exact) mass is 567 g/mol. The Morgan fingerprint density at radius 3 is 2.31 bits per heavy atom. The maximum atomic E-state index is 14.0. The smallest absolute Gasteiger partial charge is 0.254 e. The summed E-state index contributed by atoms with van der Waals surface area (Å²) < 4.78 is 2.22. The molecule has 2 aromatic carbocycles. The van der Waals surface area contributed by atoms with E-state index in [-0.39, 0.29) is 24.4 Å². The van der Waals surface area contributed by atoms with Crippen LogP contribution in [0.4, 0.5) is 0 Å². The first-order valence-corrected chi connectivity index (χ1v) is 14.8. The molecule has 0 saturated heterocycles. The van der Waals surface area contributed by atoms with E-state index in [0.29, 0.717) is 34.6 Å². The van der Waals surface area contributed by atoms with Crippen molar-refractivity contribution in [2.75, 3.05) is 13.1 Å². The molecule has 1 aromatic heterocycles. The zero-order valence-electron chi connectivity index (χ0n) is 23.0. The molecule has 1 heterocycles. The normalized spacial score (nSPS) is 14.0. The summed E-state index contributed by atoms with van der Waals surface area (Å²) in [6, 6.07) is 19.5. The predicted octanol–water partition coefficient (Wildman–Crippen LogP) is 7.69. The summed E-state index contributed by atoms with van der Waals surface area (Å²) in [6.45, 7) is 6.05. The minimum absolute atomic E-state index is 0.0143. The van der Waals surface area contributed by atoms with Crippen LogP contribution in [-0.4, -0.2) is 45.3 Å². The highest BCUT2D eigenvalue weighted by Gasteiger charge is 2.29. The van der Waals surface area contributed by atoms with Crippen molar-refractivity contribution in [1.82, 2.24) is 14.4 Å². The minimum atomic E-state index is -0.218. The van der Waals surface area contributed by atoms with Crippen LogP contribution < -0.4 is 0 Å². The Labute approximate surface area is 242 Å². The summed E-state index contributed by atoms with van der Waals surface area (Å²) in [6.07, 6.45) is 8.32. The zero-order chi connectivity index (χ0) is 27.8. The first-order valence-electron chi connectivity index (χ1n) is 14.0. The fraction of sp³-hybridized carbons (Fsp3) is 0.438. The van der Waals surface area contributed by atoms with E-state index in [1.807, 2.05) is 29.2 Å². The van der Waals surface area contributed by atoms with E-state index >= 15 is 0 Å². The second-order valence-electron chi connectivity index (χ2n) is 11.0. The Morgan fingerprint density at radius 1 is 0.949 bits per heavy atom. The lowest BCUT2D eigenvalue weighted by atomic mass is 9.94. The molecule has 0 radical (unpaired) electrons. The summed E-state index contributed by atoms with van der Waals surface area (Å²) in [5.41, 5.74) is 2.72. The standard InChI is InChI=1S/C32H39Cl2N3O2/c1-24(2)15-17-36(32(39)26-18-27(33)20-28(34)19-26)23-31(38)37(29-12-7-4-8-13-29)22-30-14-9-16-35(30)21-25-10-5-3-6-11-25/h3,5-6,9-11,14,16,18-20,24,29H,4,7-8,12-13,15,17,21-23H2,1-2H3. The van der Waals surface area contributed by atoms with Crippen LogP contribution >= 0.6 is 23.2 Å². The van der Waals surface area contributed by atoms with Crippen molar-refractivity contribution >= 4 is 35.0 Å². The molecule has 0 bridgehead atoms. The molecule has 0 N–H and O–H groups in total. The molecule has 5 nitrogen and oxygen atoms in total. The summed E-state index contributed by atoms with van der Waals surface area (Å²) in [5, 5.41) is 0.813. The van der Waals surface area contributed by atoms with Gasteiger partial charge in [0.15, 0.2) is 0 Å². The molecule has 0 spiro atoms. The molecule has 0 unspecified atom stereocenters. The Balaban J connectivity index is 1.57. The highest BCUT2D eigenvalue weighted by Crippen LogP contribution is 2.26. The number of halogens is 2. The van der Waals surface area contributed by atoms with Crippen molar-refractivity contribution in [1.29, 1.82) is 0 Å². The van der Waals surface area contributed by atoms with E-state index in [1.54, 1.807) is 23.1 Å². The second kappa shape index (κ2) is 14.0. The van der Waals surface area contributed by atoms with Crippen LogP contribution in [0.1, 0.15) is 74.0 Å². The van der Waals surface area contributed by atoms with Crippen LogP contribution in [0, 0.1) is 5.92 Å². The predicted molar refractivity (Wildman–Crippen MR) is 159 cm³/mol. The third-order valence-electron chi connectivity index (χ3n) is 7.49. The fourth-order valence-electron chi connectivity index (χ4n) is 5.30. The SMILES string of the molecule is CC(C)CCN(CC(=O)N(Cc1cccn1Cc1ccccc1)C1CCCCC1)C(=O)c1cc(Cl)cc(Cl)c1. The van der Waals surface area contributed by atoms with Gasteiger partial charge in [0.1, 0.15) is 6.54 Å². The summed E-state index contributed by atoms with van der Waals surface area (Å²) in [5.74, 6) is 0.165. The van der Waals surface area contributed by atoms with Crippen molar-refractivity contribution in [2.45, 2.75) is 71.5 Å². The van der Waals surface area contributed by atoms with Crippen LogP contribution in [0.5, 0.6) is 0 Å². The van der Waals surface area contributed by atoms with Gasteiger partial charge < -0.3 is 14.4 Å². The third kappa shape index (κ3) is 8.36. The Morgan fingerprint density at radius 2 is 1.64 bits per heavy atom. The van der Waals surface area contributed by atoms with E-state index in [1.165, 1.54) is 12.0 Å². The Kier molecular flexibility index (Phi) is 10.5. The molecule has 0 atom stereocenters. The van der Waals surface area contributed by atoms with Crippen LogP contribution in [0.2, 0.25) is 10.0 Å². The molecule has 3 aromatic rings. The van der Waals surface area contributed by atoms with E-state index < -0.39 is 0 Å². The number of nitrogens with zero attached hydrogens (tertiary/aromatic N) is 3. The summed E-state index contributed by atoms with van der Waals surface area (Å²) >= 11 is 12.4. The van der Waals surface area contributed by atoms with Crippen LogP contribution in [0.3, 0.4) is 0 Å². The van der Waals surface area contributed by atoms with E-state index in [9.17, 15) is 9.59 Å². The maximum Gasteiger partial charge on any atom is 0.254 e. The van der Waals surface area contributed by atoms with Crippen LogP contribution in [-0.2, 0) is 17.9 Å². The third-order valence-corrected chi connectivity index (χ3v) is 7.92. The number of carbonyl (C=O) groups is 2.